The van der Waals surface area contributed by atoms with Crippen molar-refractivity contribution >= 4 is 5.88 Å². The van der Waals surface area contributed by atoms with Gasteiger partial charge in [0, 0.05) is 6.07 Å². The van der Waals surface area contributed by atoms with E-state index in [0.29, 0.717) is 5.88 Å². The largest absolute Gasteiger partial charge is 0.368 e. The summed E-state index contributed by atoms with van der Waals surface area (Å²) < 4.78 is 4.88. The Morgan fingerprint density at radius 2 is 2.36 bits per heavy atom. The molecule has 1 unspecified atom stereocenters. The molecule has 2 aliphatic carbocycles. The molecule has 2 bridgehead atoms. The SMILES string of the molecule is Nc1cc(CC2C[C@@H]3CC[C@H]2C3)no1. The van der Waals surface area contributed by atoms with Crippen molar-refractivity contribution in [1.82, 2.24) is 5.16 Å². The fourth-order valence-corrected chi connectivity index (χ4v) is 3.32. The third kappa shape index (κ3) is 1.31. The third-order valence-electron chi connectivity index (χ3n) is 3.93. The van der Waals surface area contributed by atoms with Gasteiger partial charge in [0.25, 0.3) is 0 Å². The van der Waals surface area contributed by atoms with Crippen molar-refractivity contribution in [3.63, 3.8) is 0 Å². The van der Waals surface area contributed by atoms with Crippen LogP contribution in [0.25, 0.3) is 0 Å². The van der Waals surface area contributed by atoms with E-state index in [2.05, 4.69) is 5.16 Å². The highest BCUT2D eigenvalue weighted by atomic mass is 16.5. The molecule has 1 aromatic rings. The highest BCUT2D eigenvalue weighted by Crippen LogP contribution is 2.49. The van der Waals surface area contributed by atoms with E-state index < -0.39 is 0 Å². The van der Waals surface area contributed by atoms with Gasteiger partial charge in [-0.15, -0.1) is 0 Å². The average molecular weight is 192 g/mol. The Bertz CT molecular complexity index is 334. The van der Waals surface area contributed by atoms with Crippen molar-refractivity contribution in [3.8, 4) is 0 Å². The van der Waals surface area contributed by atoms with Gasteiger partial charge < -0.3 is 10.3 Å². The average Bonchev–Trinajstić information content (AvgIpc) is 2.82. The van der Waals surface area contributed by atoms with Crippen molar-refractivity contribution in [2.24, 2.45) is 17.8 Å². The van der Waals surface area contributed by atoms with Crippen molar-refractivity contribution in [2.45, 2.75) is 32.1 Å². The predicted octanol–water partition coefficient (Wildman–Crippen LogP) is 2.24. The molecule has 3 atom stereocenters. The number of nitrogen functional groups attached to an aromatic ring is 1. The molecule has 0 saturated heterocycles. The first-order chi connectivity index (χ1) is 6.81. The van der Waals surface area contributed by atoms with Gasteiger partial charge in [0.2, 0.25) is 5.88 Å². The van der Waals surface area contributed by atoms with Gasteiger partial charge in [0.1, 0.15) is 0 Å². The fraction of sp³-hybridized carbons (Fsp3) is 0.727. The molecule has 0 aliphatic heterocycles. The minimum Gasteiger partial charge on any atom is -0.368 e. The molecule has 2 fully saturated rings. The monoisotopic (exact) mass is 192 g/mol. The summed E-state index contributed by atoms with van der Waals surface area (Å²) >= 11 is 0. The van der Waals surface area contributed by atoms with Crippen LogP contribution in [-0.4, -0.2) is 5.16 Å². The van der Waals surface area contributed by atoms with E-state index in [4.69, 9.17) is 10.3 Å². The first-order valence-corrected chi connectivity index (χ1v) is 5.52. The van der Waals surface area contributed by atoms with Crippen molar-refractivity contribution < 1.29 is 4.52 Å². The molecule has 0 spiro atoms. The lowest BCUT2D eigenvalue weighted by atomic mass is 9.85. The van der Waals surface area contributed by atoms with Crippen LogP contribution in [0.5, 0.6) is 0 Å². The Balaban J connectivity index is 1.68. The minimum atomic E-state index is 0.447. The molecule has 14 heavy (non-hydrogen) atoms. The van der Waals surface area contributed by atoms with E-state index in [1.54, 1.807) is 0 Å². The quantitative estimate of drug-likeness (QED) is 0.781. The number of hydrogen-bond acceptors (Lipinski definition) is 3. The molecule has 3 heteroatoms. The topological polar surface area (TPSA) is 52.0 Å². The van der Waals surface area contributed by atoms with Gasteiger partial charge in [-0.1, -0.05) is 11.6 Å². The summed E-state index contributed by atoms with van der Waals surface area (Å²) in [5.74, 6) is 3.26. The van der Waals surface area contributed by atoms with Gasteiger partial charge in [-0.05, 0) is 43.4 Å². The van der Waals surface area contributed by atoms with Gasteiger partial charge in [-0.2, -0.15) is 0 Å². The maximum Gasteiger partial charge on any atom is 0.222 e. The van der Waals surface area contributed by atoms with Crippen LogP contribution >= 0.6 is 0 Å². The first kappa shape index (κ1) is 8.33. The molecule has 1 heterocycles. The highest BCUT2D eigenvalue weighted by Gasteiger charge is 2.39. The van der Waals surface area contributed by atoms with Gasteiger partial charge in [0.05, 0.1) is 5.69 Å². The maximum absolute atomic E-state index is 5.50. The second-order valence-corrected chi connectivity index (χ2v) is 4.86. The molecule has 76 valence electrons. The summed E-state index contributed by atoms with van der Waals surface area (Å²) in [5.41, 5.74) is 6.54. The Morgan fingerprint density at radius 3 is 2.93 bits per heavy atom. The highest BCUT2D eigenvalue weighted by molar-refractivity contribution is 5.24. The number of fused-ring (bicyclic) bond motifs is 2. The fourth-order valence-electron chi connectivity index (χ4n) is 3.32. The molecule has 1 aromatic heterocycles. The lowest BCUT2D eigenvalue weighted by molar-refractivity contribution is 0.322. The number of hydrogen-bond donors (Lipinski definition) is 1. The molecule has 3 nitrogen and oxygen atoms in total. The minimum absolute atomic E-state index is 0.447. The second-order valence-electron chi connectivity index (χ2n) is 4.86. The third-order valence-corrected chi connectivity index (χ3v) is 3.93. The number of nitrogens with zero attached hydrogens (tertiary/aromatic N) is 1. The molecular formula is C11H16N2O. The number of rotatable bonds is 2. The molecule has 0 amide bonds. The normalized spacial score (nSPS) is 35.3. The van der Waals surface area contributed by atoms with Crippen LogP contribution in [0.3, 0.4) is 0 Å². The Morgan fingerprint density at radius 1 is 1.43 bits per heavy atom. The second kappa shape index (κ2) is 3.01. The van der Waals surface area contributed by atoms with E-state index in [1.807, 2.05) is 6.07 Å². The molecular weight excluding hydrogens is 176 g/mol. The molecule has 2 N–H and O–H groups in total. The van der Waals surface area contributed by atoms with E-state index in [1.165, 1.54) is 25.7 Å². The van der Waals surface area contributed by atoms with E-state index >= 15 is 0 Å². The van der Waals surface area contributed by atoms with Crippen LogP contribution in [0, 0.1) is 17.8 Å². The molecule has 0 radical (unpaired) electrons. The predicted molar refractivity (Wildman–Crippen MR) is 53.6 cm³/mol. The van der Waals surface area contributed by atoms with Crippen LogP contribution in [0.2, 0.25) is 0 Å². The Hall–Kier alpha value is -0.990. The zero-order valence-corrected chi connectivity index (χ0v) is 8.28. The van der Waals surface area contributed by atoms with Crippen LogP contribution in [0.4, 0.5) is 5.88 Å². The van der Waals surface area contributed by atoms with Gasteiger partial charge in [-0.3, -0.25) is 0 Å². The van der Waals surface area contributed by atoms with Gasteiger partial charge in [0.15, 0.2) is 0 Å². The van der Waals surface area contributed by atoms with Gasteiger partial charge in [-0.25, -0.2) is 0 Å². The summed E-state index contributed by atoms with van der Waals surface area (Å²) in [5, 5.41) is 3.96. The van der Waals surface area contributed by atoms with Gasteiger partial charge >= 0.3 is 0 Å². The van der Waals surface area contributed by atoms with Crippen LogP contribution < -0.4 is 5.73 Å². The van der Waals surface area contributed by atoms with Crippen molar-refractivity contribution in [3.05, 3.63) is 11.8 Å². The Labute approximate surface area is 83.6 Å². The molecule has 2 saturated carbocycles. The zero-order valence-electron chi connectivity index (χ0n) is 8.28. The van der Waals surface area contributed by atoms with E-state index in [0.717, 1.165) is 29.9 Å². The van der Waals surface area contributed by atoms with E-state index in [-0.39, 0.29) is 0 Å². The summed E-state index contributed by atoms with van der Waals surface area (Å²) in [6.07, 6.45) is 6.82. The van der Waals surface area contributed by atoms with E-state index in [9.17, 15) is 0 Å². The van der Waals surface area contributed by atoms with Crippen LogP contribution in [0.15, 0.2) is 10.6 Å². The summed E-state index contributed by atoms with van der Waals surface area (Å²) in [6, 6.07) is 1.87. The summed E-state index contributed by atoms with van der Waals surface area (Å²) in [6.45, 7) is 0. The van der Waals surface area contributed by atoms with Crippen LogP contribution in [0.1, 0.15) is 31.4 Å². The first-order valence-electron chi connectivity index (χ1n) is 5.52. The standard InChI is InChI=1S/C11H16N2O/c12-11-6-10(13-14-11)5-9-4-7-1-2-8(9)3-7/h6-9H,1-5,12H2/t7-,8+,9?/m1/s1. The van der Waals surface area contributed by atoms with Crippen LogP contribution in [-0.2, 0) is 6.42 Å². The maximum atomic E-state index is 5.50. The smallest absolute Gasteiger partial charge is 0.222 e. The lowest BCUT2D eigenvalue weighted by Crippen LogP contribution is -2.13. The zero-order chi connectivity index (χ0) is 9.54. The summed E-state index contributed by atoms with van der Waals surface area (Å²) in [7, 11) is 0. The number of nitrogens with two attached hydrogens (primary N) is 1. The summed E-state index contributed by atoms with van der Waals surface area (Å²) in [4.78, 5) is 0. The molecule has 2 aliphatic rings. The Kier molecular flexibility index (Phi) is 1.79. The molecule has 0 aromatic carbocycles. The number of anilines is 1. The molecule has 3 rings (SSSR count). The number of aromatic nitrogens is 1. The van der Waals surface area contributed by atoms with Crippen molar-refractivity contribution in [2.75, 3.05) is 5.73 Å². The lowest BCUT2D eigenvalue weighted by Gasteiger charge is -2.19. The van der Waals surface area contributed by atoms with Crippen molar-refractivity contribution in [1.29, 1.82) is 0 Å².